The first kappa shape index (κ1) is 49.4. The molecule has 7 heterocycles. The number of nitrogens with one attached hydrogen (secondary N) is 3. The number of rotatable bonds is 15. The fraction of sp³-hybridized carbons (Fsp3) is 0.418. The van der Waals surface area contributed by atoms with E-state index >= 15 is 4.39 Å². The van der Waals surface area contributed by atoms with Crippen molar-refractivity contribution in [1.29, 1.82) is 0 Å². The van der Waals surface area contributed by atoms with Crippen LogP contribution in [0.1, 0.15) is 91.4 Å². The molecule has 3 aliphatic heterocycles. The summed E-state index contributed by atoms with van der Waals surface area (Å²) in [6.45, 7) is 10.4. The lowest BCUT2D eigenvalue weighted by Crippen LogP contribution is -2.60. The number of carbonyl (C=O) groups is 1. The lowest BCUT2D eigenvalue weighted by atomic mass is 9.59. The molecule has 388 valence electrons. The highest BCUT2D eigenvalue weighted by Crippen LogP contribution is 2.53. The minimum Gasteiger partial charge on any atom is -0.497 e. The summed E-state index contributed by atoms with van der Waals surface area (Å²) in [7, 11) is -2.94. The van der Waals surface area contributed by atoms with Gasteiger partial charge in [-0.2, -0.15) is 0 Å². The molecule has 74 heavy (non-hydrogen) atoms. The predicted octanol–water partition coefficient (Wildman–Crippen LogP) is 8.96. The van der Waals surface area contributed by atoms with Gasteiger partial charge in [-0.25, -0.2) is 32.5 Å². The highest BCUT2D eigenvalue weighted by molar-refractivity contribution is 7.90. The Balaban J connectivity index is 0.798. The fourth-order valence-electron chi connectivity index (χ4n) is 11.6. The second-order valence-corrected chi connectivity index (χ2v) is 22.5. The Labute approximate surface area is 430 Å². The van der Waals surface area contributed by atoms with E-state index in [4.69, 9.17) is 29.3 Å². The molecular weight excluding hydrogens is 964 g/mol. The standard InChI is InChI=1S/C55H63FN10O7S/c1-35(2)41-6-4-5-7-42(41)45-32-64(31-36-8-10-39(70-3)11-9-36)20-21-66(45)38-27-54(28-38)13-18-65(19-14-54)48-26-46(73-40-24-37-12-17-58-52(37)60-29-40)43(30-59-48)53(67)63-74(68,69)47-25-44(57)49(51-50(47)62-34-72-51)61-33-55(56)15-22-71-23-16-55/h4-12,17,24-26,29-30,34-35,38,45,61H,13-16,18-23,27-28,31-33,57H2,1-3H3,(H,58,60)(H,63,67)/t45-/m0/s1. The number of nitrogens with two attached hydrogens (primary N) is 1. The number of benzene rings is 3. The van der Waals surface area contributed by atoms with E-state index in [1.54, 1.807) is 25.4 Å². The van der Waals surface area contributed by atoms with Gasteiger partial charge in [0.25, 0.3) is 15.9 Å². The average Bonchev–Trinajstić information content (AvgIpc) is 4.09. The quantitative estimate of drug-likeness (QED) is 0.0708. The Kier molecular flexibility index (Phi) is 13.5. The maximum atomic E-state index is 15.5. The van der Waals surface area contributed by atoms with Crippen molar-refractivity contribution < 1.29 is 36.2 Å². The van der Waals surface area contributed by atoms with E-state index in [0.29, 0.717) is 29.2 Å². The number of alkyl halides is 1. The van der Waals surface area contributed by atoms with Gasteiger partial charge in [0, 0.05) is 108 Å². The minimum atomic E-state index is -4.64. The summed E-state index contributed by atoms with van der Waals surface area (Å²) in [6.07, 6.45) is 10.3. The lowest BCUT2D eigenvalue weighted by molar-refractivity contribution is -0.0628. The largest absolute Gasteiger partial charge is 0.497 e. The van der Waals surface area contributed by atoms with E-state index < -0.39 is 26.5 Å². The molecule has 1 saturated carbocycles. The zero-order chi connectivity index (χ0) is 51.2. The molecule has 1 spiro atoms. The molecule has 4 fully saturated rings. The number of aromatic nitrogens is 4. The molecular formula is C55H63FN10O7S. The van der Waals surface area contributed by atoms with Crippen molar-refractivity contribution in [2.24, 2.45) is 5.41 Å². The average molecular weight is 1030 g/mol. The maximum absolute atomic E-state index is 15.5. The first-order valence-corrected chi connectivity index (χ1v) is 27.0. The SMILES string of the molecule is COc1ccc(CN2CCN(C3CC4(CCN(c5cc(Oc6cnc7[nH]ccc7c6)c(C(=O)NS(=O)(=O)c6cc(N)c(NCC7(F)CCOCC7)c7ocnc67)cn5)CC4)C3)[C@H](c3ccccc3C(C)C)C2)cc1. The van der Waals surface area contributed by atoms with Crippen LogP contribution in [0.2, 0.25) is 0 Å². The number of hydrogen-bond acceptors (Lipinski definition) is 15. The van der Waals surface area contributed by atoms with E-state index in [0.717, 1.165) is 82.5 Å². The van der Waals surface area contributed by atoms with Gasteiger partial charge in [0.2, 0.25) is 0 Å². The van der Waals surface area contributed by atoms with Gasteiger partial charge in [0.1, 0.15) is 56.0 Å². The minimum absolute atomic E-state index is 0.00744. The van der Waals surface area contributed by atoms with Crippen molar-refractivity contribution in [2.45, 2.75) is 87.5 Å². The number of methoxy groups -OCH3 is 1. The van der Waals surface area contributed by atoms with Gasteiger partial charge in [-0.15, -0.1) is 0 Å². The van der Waals surface area contributed by atoms with Gasteiger partial charge in [-0.3, -0.25) is 14.6 Å². The van der Waals surface area contributed by atoms with Crippen LogP contribution in [0.5, 0.6) is 17.2 Å². The van der Waals surface area contributed by atoms with Crippen molar-refractivity contribution in [2.75, 3.05) is 75.5 Å². The number of oxazole rings is 1. The number of aromatic amines is 1. The summed E-state index contributed by atoms with van der Waals surface area (Å²) in [6, 6.07) is 24.7. The number of piperidine rings is 1. The number of hydrogen-bond donors (Lipinski definition) is 4. The molecule has 0 radical (unpaired) electrons. The van der Waals surface area contributed by atoms with Crippen LogP contribution in [-0.2, 0) is 21.3 Å². The Hall–Kier alpha value is -6.80. The third-order valence-corrected chi connectivity index (χ3v) is 17.1. The zero-order valence-electron chi connectivity index (χ0n) is 42.0. The number of fused-ring (bicyclic) bond motifs is 2. The van der Waals surface area contributed by atoms with Gasteiger partial charge < -0.3 is 39.6 Å². The number of nitrogens with zero attached hydrogens (tertiary/aromatic N) is 6. The van der Waals surface area contributed by atoms with E-state index in [1.807, 2.05) is 18.2 Å². The molecule has 1 atom stereocenters. The summed E-state index contributed by atoms with van der Waals surface area (Å²) >= 11 is 0. The summed E-state index contributed by atoms with van der Waals surface area (Å²) in [5.41, 5.74) is 9.81. The molecule has 3 saturated heterocycles. The monoisotopic (exact) mass is 1030 g/mol. The number of amides is 1. The van der Waals surface area contributed by atoms with E-state index in [2.05, 4.69) is 89.9 Å². The van der Waals surface area contributed by atoms with Crippen molar-refractivity contribution in [3.05, 3.63) is 120 Å². The Bertz CT molecular complexity index is 3270. The van der Waals surface area contributed by atoms with Gasteiger partial charge in [0.05, 0.1) is 19.0 Å². The van der Waals surface area contributed by atoms with Crippen molar-refractivity contribution in [3.63, 3.8) is 0 Å². The molecule has 0 unspecified atom stereocenters. The number of piperazine rings is 1. The van der Waals surface area contributed by atoms with Crippen LogP contribution in [0.25, 0.3) is 22.1 Å². The van der Waals surface area contributed by atoms with Crippen LogP contribution in [0.3, 0.4) is 0 Å². The molecule has 1 amide bonds. The molecule has 0 bridgehead atoms. The Morgan fingerprint density at radius 2 is 1.73 bits per heavy atom. The molecule has 3 aromatic carbocycles. The van der Waals surface area contributed by atoms with Gasteiger partial charge in [-0.1, -0.05) is 50.2 Å². The number of ether oxygens (including phenoxy) is 3. The normalized spacial score (nSPS) is 19.5. The summed E-state index contributed by atoms with van der Waals surface area (Å²) in [5, 5.41) is 3.79. The lowest BCUT2D eigenvalue weighted by Gasteiger charge is -2.58. The van der Waals surface area contributed by atoms with Crippen LogP contribution >= 0.6 is 0 Å². The maximum Gasteiger partial charge on any atom is 0.270 e. The summed E-state index contributed by atoms with van der Waals surface area (Å²) in [4.78, 5) is 37.9. The highest BCUT2D eigenvalue weighted by Gasteiger charge is 2.50. The number of sulfonamides is 1. The first-order valence-electron chi connectivity index (χ1n) is 25.6. The van der Waals surface area contributed by atoms with Crippen LogP contribution in [0, 0.1) is 5.41 Å². The smallest absolute Gasteiger partial charge is 0.270 e. The van der Waals surface area contributed by atoms with Crippen LogP contribution in [-0.4, -0.2) is 115 Å². The molecule has 1 aliphatic carbocycles. The molecule has 7 aromatic rings. The van der Waals surface area contributed by atoms with E-state index in [-0.39, 0.29) is 77.8 Å². The van der Waals surface area contributed by atoms with Crippen molar-refractivity contribution in [1.82, 2.24) is 34.5 Å². The zero-order valence-corrected chi connectivity index (χ0v) is 42.8. The molecule has 4 aliphatic rings. The van der Waals surface area contributed by atoms with Crippen LogP contribution < -0.4 is 30.1 Å². The topological polar surface area (TPSA) is 206 Å². The van der Waals surface area contributed by atoms with Crippen molar-refractivity contribution >= 4 is 55.3 Å². The number of halogens is 1. The van der Waals surface area contributed by atoms with Crippen LogP contribution in [0.15, 0.2) is 107 Å². The number of nitrogen functional groups attached to an aromatic ring is 1. The Morgan fingerprint density at radius 3 is 2.50 bits per heavy atom. The van der Waals surface area contributed by atoms with Gasteiger partial charge in [0.15, 0.2) is 12.0 Å². The molecule has 11 rings (SSSR count). The van der Waals surface area contributed by atoms with Gasteiger partial charge in [-0.05, 0) is 84.0 Å². The molecule has 4 aromatic heterocycles. The highest BCUT2D eigenvalue weighted by atomic mass is 32.2. The number of anilines is 3. The number of carbonyl (C=O) groups excluding carboxylic acids is 1. The third-order valence-electron chi connectivity index (χ3n) is 15.8. The van der Waals surface area contributed by atoms with Gasteiger partial charge >= 0.3 is 0 Å². The second-order valence-electron chi connectivity index (χ2n) is 20.8. The third kappa shape index (κ3) is 9.97. The van der Waals surface area contributed by atoms with E-state index in [1.165, 1.54) is 35.2 Å². The van der Waals surface area contributed by atoms with E-state index in [9.17, 15) is 13.2 Å². The number of H-pyrrole nitrogens is 1. The van der Waals surface area contributed by atoms with Crippen molar-refractivity contribution in [3.8, 4) is 17.2 Å². The fourth-order valence-corrected chi connectivity index (χ4v) is 12.7. The molecule has 5 N–H and O–H groups in total. The molecule has 19 heteroatoms. The molecule has 17 nitrogen and oxygen atoms in total. The Morgan fingerprint density at radius 1 is 0.946 bits per heavy atom. The first-order chi connectivity index (χ1) is 35.8. The predicted molar refractivity (Wildman–Crippen MR) is 281 cm³/mol. The summed E-state index contributed by atoms with van der Waals surface area (Å²) < 4.78 is 68.7. The van der Waals surface area contributed by atoms with Crippen LogP contribution in [0.4, 0.5) is 21.6 Å². The summed E-state index contributed by atoms with van der Waals surface area (Å²) in [5.74, 6) is 1.34. The number of pyridine rings is 2. The second kappa shape index (κ2) is 20.1.